The van der Waals surface area contributed by atoms with Crippen LogP contribution in [0.1, 0.15) is 43.7 Å². The summed E-state index contributed by atoms with van der Waals surface area (Å²) in [7, 11) is 0. The topological polar surface area (TPSA) is 26.0 Å². The Kier molecular flexibility index (Phi) is 2.83. The summed E-state index contributed by atoms with van der Waals surface area (Å²) in [4.78, 5) is 0. The maximum Gasteiger partial charge on any atom is 0.0415 e. The second-order valence-corrected chi connectivity index (χ2v) is 5.09. The van der Waals surface area contributed by atoms with Crippen LogP contribution in [-0.2, 0) is 5.54 Å². The quantitative estimate of drug-likeness (QED) is 0.801. The van der Waals surface area contributed by atoms with Crippen molar-refractivity contribution in [2.24, 2.45) is 11.7 Å². The summed E-state index contributed by atoms with van der Waals surface area (Å²) in [5, 5.41) is 0. The Morgan fingerprint density at radius 3 is 2.73 bits per heavy atom. The van der Waals surface area contributed by atoms with Gasteiger partial charge < -0.3 is 5.73 Å². The van der Waals surface area contributed by atoms with E-state index in [1.807, 2.05) is 0 Å². The second kappa shape index (κ2) is 3.97. The van der Waals surface area contributed by atoms with E-state index in [1.54, 1.807) is 0 Å². The van der Waals surface area contributed by atoms with Crippen LogP contribution in [0.5, 0.6) is 0 Å². The normalized spacial score (nSPS) is 29.9. The number of hydrogen-bond donors (Lipinski definition) is 1. The number of rotatable bonds is 3. The fourth-order valence-electron chi connectivity index (χ4n) is 2.77. The van der Waals surface area contributed by atoms with Crippen molar-refractivity contribution in [3.05, 3.63) is 35.4 Å². The van der Waals surface area contributed by atoms with Gasteiger partial charge in [0, 0.05) is 5.54 Å². The van der Waals surface area contributed by atoms with Crippen molar-refractivity contribution >= 4 is 0 Å². The van der Waals surface area contributed by atoms with Gasteiger partial charge in [0.25, 0.3) is 0 Å². The van der Waals surface area contributed by atoms with Crippen LogP contribution in [0.4, 0.5) is 0 Å². The van der Waals surface area contributed by atoms with Crippen molar-refractivity contribution in [3.8, 4) is 0 Å². The molecule has 0 aromatic heterocycles. The van der Waals surface area contributed by atoms with Gasteiger partial charge in [0.2, 0.25) is 0 Å². The van der Waals surface area contributed by atoms with E-state index in [-0.39, 0.29) is 5.54 Å². The first-order chi connectivity index (χ1) is 7.14. The van der Waals surface area contributed by atoms with Crippen molar-refractivity contribution in [2.75, 3.05) is 0 Å². The first-order valence-electron chi connectivity index (χ1n) is 6.00. The molecule has 0 bridgehead atoms. The summed E-state index contributed by atoms with van der Waals surface area (Å²) in [6, 6.07) is 8.67. The lowest BCUT2D eigenvalue weighted by Crippen LogP contribution is -2.48. The Hall–Kier alpha value is -0.820. The number of hydrogen-bond acceptors (Lipinski definition) is 1. The van der Waals surface area contributed by atoms with Crippen molar-refractivity contribution in [1.29, 1.82) is 0 Å². The molecule has 0 heterocycles. The second-order valence-electron chi connectivity index (χ2n) is 5.09. The Balaban J connectivity index is 2.06. The lowest BCUT2D eigenvalue weighted by Gasteiger charge is -2.45. The van der Waals surface area contributed by atoms with E-state index in [2.05, 4.69) is 38.1 Å². The average molecular weight is 203 g/mol. The Labute approximate surface area is 92.7 Å². The van der Waals surface area contributed by atoms with Crippen LogP contribution in [0.2, 0.25) is 0 Å². The van der Waals surface area contributed by atoms with Gasteiger partial charge in [0.05, 0.1) is 0 Å². The van der Waals surface area contributed by atoms with E-state index >= 15 is 0 Å². The summed E-state index contributed by atoms with van der Waals surface area (Å²) in [6.45, 7) is 4.39. The van der Waals surface area contributed by atoms with Crippen LogP contribution in [0.3, 0.4) is 0 Å². The molecule has 0 atom stereocenters. The molecule has 0 aliphatic heterocycles. The largest absolute Gasteiger partial charge is 0.321 e. The first-order valence-corrected chi connectivity index (χ1v) is 6.00. The number of nitrogens with two attached hydrogens (primary N) is 1. The molecule has 0 radical (unpaired) electrons. The fourth-order valence-corrected chi connectivity index (χ4v) is 2.77. The van der Waals surface area contributed by atoms with E-state index in [0.717, 1.165) is 5.92 Å². The van der Waals surface area contributed by atoms with Crippen LogP contribution < -0.4 is 5.73 Å². The highest BCUT2D eigenvalue weighted by Gasteiger charge is 2.41. The van der Waals surface area contributed by atoms with E-state index in [9.17, 15) is 0 Å². The monoisotopic (exact) mass is 203 g/mol. The van der Waals surface area contributed by atoms with Crippen LogP contribution in [-0.4, -0.2) is 0 Å². The summed E-state index contributed by atoms with van der Waals surface area (Å²) in [5.41, 5.74) is 9.04. The van der Waals surface area contributed by atoms with Gasteiger partial charge in [-0.25, -0.2) is 0 Å². The third-order valence-corrected chi connectivity index (χ3v) is 3.60. The van der Waals surface area contributed by atoms with E-state index in [4.69, 9.17) is 5.73 Å². The summed E-state index contributed by atoms with van der Waals surface area (Å²) >= 11 is 0. The molecule has 2 N–H and O–H groups in total. The zero-order chi connectivity index (χ0) is 10.9. The minimum absolute atomic E-state index is 0.0220. The predicted octanol–water partition coefficient (Wildman–Crippen LogP) is 3.36. The molecule has 1 aliphatic rings. The van der Waals surface area contributed by atoms with Gasteiger partial charge in [-0.1, -0.05) is 49.6 Å². The maximum absolute atomic E-state index is 6.41. The standard InChI is InChI=1S/C14H21N/c1-3-5-12-9-14(15,10-12)13-7-4-6-11(2)8-13/h4,6-8,12H,3,5,9-10,15H2,1-2H3. The highest BCUT2D eigenvalue weighted by Crippen LogP contribution is 2.45. The van der Waals surface area contributed by atoms with Gasteiger partial charge in [-0.15, -0.1) is 0 Å². The molecule has 0 saturated heterocycles. The summed E-state index contributed by atoms with van der Waals surface area (Å²) < 4.78 is 0. The van der Waals surface area contributed by atoms with Crippen molar-refractivity contribution in [3.63, 3.8) is 0 Å². The fraction of sp³-hybridized carbons (Fsp3) is 0.571. The molecular weight excluding hydrogens is 182 g/mol. The minimum atomic E-state index is -0.0220. The van der Waals surface area contributed by atoms with Crippen molar-refractivity contribution in [2.45, 2.75) is 45.1 Å². The molecule has 1 heteroatoms. The molecular formula is C14H21N. The lowest BCUT2D eigenvalue weighted by molar-refractivity contribution is 0.138. The van der Waals surface area contributed by atoms with Gasteiger partial charge in [0.1, 0.15) is 0 Å². The molecule has 1 aromatic rings. The first kappa shape index (κ1) is 10.7. The number of aryl methyl sites for hydroxylation is 1. The highest BCUT2D eigenvalue weighted by molar-refractivity contribution is 5.31. The zero-order valence-electron chi connectivity index (χ0n) is 9.79. The van der Waals surface area contributed by atoms with E-state index in [0.29, 0.717) is 0 Å². The molecule has 0 spiro atoms. The van der Waals surface area contributed by atoms with Crippen LogP contribution in [0.15, 0.2) is 24.3 Å². The highest BCUT2D eigenvalue weighted by atomic mass is 14.8. The van der Waals surface area contributed by atoms with E-state index in [1.165, 1.54) is 36.8 Å². The van der Waals surface area contributed by atoms with Gasteiger partial charge in [0.15, 0.2) is 0 Å². The lowest BCUT2D eigenvalue weighted by atomic mass is 9.64. The Morgan fingerprint density at radius 2 is 2.13 bits per heavy atom. The summed E-state index contributed by atoms with van der Waals surface area (Å²) in [5.74, 6) is 0.862. The molecule has 1 aromatic carbocycles. The third-order valence-electron chi connectivity index (χ3n) is 3.60. The molecule has 1 nitrogen and oxygen atoms in total. The molecule has 2 rings (SSSR count). The van der Waals surface area contributed by atoms with E-state index < -0.39 is 0 Å². The minimum Gasteiger partial charge on any atom is -0.321 e. The van der Waals surface area contributed by atoms with Gasteiger partial charge in [-0.05, 0) is 31.2 Å². The van der Waals surface area contributed by atoms with Gasteiger partial charge >= 0.3 is 0 Å². The van der Waals surface area contributed by atoms with Crippen LogP contribution in [0, 0.1) is 12.8 Å². The SMILES string of the molecule is CCCC1CC(N)(c2cccc(C)c2)C1. The van der Waals surface area contributed by atoms with Crippen molar-refractivity contribution in [1.82, 2.24) is 0 Å². The Morgan fingerprint density at radius 1 is 1.40 bits per heavy atom. The predicted molar refractivity (Wildman–Crippen MR) is 64.7 cm³/mol. The molecule has 1 aliphatic carbocycles. The molecule has 82 valence electrons. The molecule has 0 amide bonds. The summed E-state index contributed by atoms with van der Waals surface area (Å²) in [6.07, 6.45) is 4.97. The average Bonchev–Trinajstić information content (AvgIpc) is 2.15. The smallest absolute Gasteiger partial charge is 0.0415 e. The third kappa shape index (κ3) is 2.07. The Bertz CT molecular complexity index is 337. The maximum atomic E-state index is 6.41. The molecule has 1 fully saturated rings. The van der Waals surface area contributed by atoms with Gasteiger partial charge in [-0.2, -0.15) is 0 Å². The van der Waals surface area contributed by atoms with Gasteiger partial charge in [-0.3, -0.25) is 0 Å². The molecule has 0 unspecified atom stereocenters. The zero-order valence-corrected chi connectivity index (χ0v) is 9.79. The molecule has 15 heavy (non-hydrogen) atoms. The number of benzene rings is 1. The molecule has 1 saturated carbocycles. The van der Waals surface area contributed by atoms with Crippen molar-refractivity contribution < 1.29 is 0 Å². The van der Waals surface area contributed by atoms with Crippen LogP contribution >= 0.6 is 0 Å². The van der Waals surface area contributed by atoms with Crippen LogP contribution in [0.25, 0.3) is 0 Å².